The number of nitrogens with two attached hydrogens (primary N) is 1. The van der Waals surface area contributed by atoms with Gasteiger partial charge in [0.2, 0.25) is 0 Å². The van der Waals surface area contributed by atoms with E-state index in [1.54, 1.807) is 0 Å². The predicted molar refractivity (Wildman–Crippen MR) is 148 cm³/mol. The van der Waals surface area contributed by atoms with Crippen molar-refractivity contribution in [3.63, 3.8) is 0 Å². The molecule has 0 aromatic carbocycles. The summed E-state index contributed by atoms with van der Waals surface area (Å²) in [4.78, 5) is 0. The van der Waals surface area contributed by atoms with Gasteiger partial charge in [0.25, 0.3) is 0 Å². The summed E-state index contributed by atoms with van der Waals surface area (Å²) in [7, 11) is 0. The van der Waals surface area contributed by atoms with Gasteiger partial charge in [-0.2, -0.15) is 0 Å². The lowest BCUT2D eigenvalue weighted by Crippen LogP contribution is -2.16. The quantitative estimate of drug-likeness (QED) is 0.111. The normalized spacial score (nSPS) is 11.4. The van der Waals surface area contributed by atoms with Crippen LogP contribution in [0.15, 0.2) is 0 Å². The molecule has 0 aromatic heterocycles. The Morgan fingerprint density at radius 2 is 0.594 bits per heavy atom. The lowest BCUT2D eigenvalue weighted by atomic mass is 10.0. The Balaban J connectivity index is 2.98. The molecule has 0 rings (SSSR count). The standard InChI is InChI=1S/C30H64N2/c1-2-3-4-5-6-7-8-9-11-14-17-20-23-26-29-32-30-27-24-21-18-15-12-10-13-16-19-22-25-28-31/h32H,2-31H2,1H3. The van der Waals surface area contributed by atoms with Gasteiger partial charge >= 0.3 is 0 Å². The monoisotopic (exact) mass is 453 g/mol. The lowest BCUT2D eigenvalue weighted by Gasteiger charge is -2.06. The van der Waals surface area contributed by atoms with Gasteiger partial charge in [0.1, 0.15) is 0 Å². The average molecular weight is 453 g/mol. The molecule has 194 valence electrons. The number of hydrogen-bond donors (Lipinski definition) is 2. The molecule has 0 radical (unpaired) electrons. The highest BCUT2D eigenvalue weighted by molar-refractivity contribution is 4.53. The molecule has 2 heteroatoms. The van der Waals surface area contributed by atoms with E-state index >= 15 is 0 Å². The van der Waals surface area contributed by atoms with Crippen molar-refractivity contribution in [1.29, 1.82) is 0 Å². The van der Waals surface area contributed by atoms with Crippen LogP contribution in [0.5, 0.6) is 0 Å². The Labute approximate surface area is 204 Å². The van der Waals surface area contributed by atoms with Crippen molar-refractivity contribution in [2.45, 2.75) is 174 Å². The van der Waals surface area contributed by atoms with E-state index < -0.39 is 0 Å². The maximum atomic E-state index is 5.53. The van der Waals surface area contributed by atoms with Gasteiger partial charge in [-0.1, -0.05) is 155 Å². The molecule has 0 fully saturated rings. The lowest BCUT2D eigenvalue weighted by molar-refractivity contribution is 0.519. The Morgan fingerprint density at radius 1 is 0.344 bits per heavy atom. The van der Waals surface area contributed by atoms with E-state index in [4.69, 9.17) is 5.73 Å². The summed E-state index contributed by atoms with van der Waals surface area (Å²) >= 11 is 0. The third-order valence-electron chi connectivity index (χ3n) is 7.01. The Hall–Kier alpha value is -0.0800. The Morgan fingerprint density at radius 3 is 0.875 bits per heavy atom. The zero-order valence-electron chi connectivity index (χ0n) is 22.6. The molecule has 0 aliphatic rings. The smallest absolute Gasteiger partial charge is 0.00489 e. The molecule has 0 amide bonds. The highest BCUT2D eigenvalue weighted by Crippen LogP contribution is 2.13. The Bertz CT molecular complexity index is 275. The van der Waals surface area contributed by atoms with Crippen molar-refractivity contribution < 1.29 is 0 Å². The van der Waals surface area contributed by atoms with Crippen LogP contribution in [0.4, 0.5) is 0 Å². The molecular formula is C30H64N2. The predicted octanol–water partition coefficient (Wildman–Crippen LogP) is 9.70. The number of rotatable bonds is 29. The van der Waals surface area contributed by atoms with Crippen LogP contribution in [-0.2, 0) is 0 Å². The molecule has 0 aliphatic heterocycles. The molecule has 0 saturated carbocycles. The van der Waals surface area contributed by atoms with E-state index in [1.807, 2.05) is 0 Å². The molecule has 0 unspecified atom stereocenters. The van der Waals surface area contributed by atoms with E-state index in [2.05, 4.69) is 12.2 Å². The summed E-state index contributed by atoms with van der Waals surface area (Å²) < 4.78 is 0. The molecule has 3 N–H and O–H groups in total. The van der Waals surface area contributed by atoms with E-state index in [0.29, 0.717) is 0 Å². The minimum Gasteiger partial charge on any atom is -0.330 e. The van der Waals surface area contributed by atoms with Crippen molar-refractivity contribution in [1.82, 2.24) is 5.32 Å². The number of unbranched alkanes of at least 4 members (excludes halogenated alkanes) is 24. The van der Waals surface area contributed by atoms with Crippen LogP contribution >= 0.6 is 0 Å². The fraction of sp³-hybridized carbons (Fsp3) is 1.00. The SMILES string of the molecule is CCCCCCCCCCCCCCCCNCCCCCCCCCCCCCCN. The molecule has 0 atom stereocenters. The maximum absolute atomic E-state index is 5.53. The molecule has 0 bridgehead atoms. The first-order valence-corrected chi connectivity index (χ1v) is 15.3. The van der Waals surface area contributed by atoms with Crippen LogP contribution in [0, 0.1) is 0 Å². The molecule has 0 saturated heterocycles. The minimum atomic E-state index is 0.870. The Kier molecular flexibility index (Phi) is 30.8. The van der Waals surface area contributed by atoms with Crippen LogP contribution in [0.2, 0.25) is 0 Å². The topological polar surface area (TPSA) is 38.0 Å². The molecule has 0 spiro atoms. The van der Waals surface area contributed by atoms with Crippen molar-refractivity contribution in [3.05, 3.63) is 0 Å². The van der Waals surface area contributed by atoms with Crippen molar-refractivity contribution in [2.75, 3.05) is 19.6 Å². The van der Waals surface area contributed by atoms with Crippen molar-refractivity contribution in [3.8, 4) is 0 Å². The van der Waals surface area contributed by atoms with Crippen LogP contribution in [0.25, 0.3) is 0 Å². The van der Waals surface area contributed by atoms with Gasteiger partial charge in [0.15, 0.2) is 0 Å². The first-order valence-electron chi connectivity index (χ1n) is 15.3. The van der Waals surface area contributed by atoms with E-state index in [1.165, 1.54) is 180 Å². The summed E-state index contributed by atoms with van der Waals surface area (Å²) in [6.45, 7) is 5.65. The molecule has 0 aromatic rings. The summed E-state index contributed by atoms with van der Waals surface area (Å²) in [5.74, 6) is 0. The van der Waals surface area contributed by atoms with Crippen LogP contribution in [0.1, 0.15) is 174 Å². The highest BCUT2D eigenvalue weighted by atomic mass is 14.8. The van der Waals surface area contributed by atoms with Crippen LogP contribution in [0.3, 0.4) is 0 Å². The summed E-state index contributed by atoms with van der Waals surface area (Å²) in [6.07, 6.45) is 37.2. The maximum Gasteiger partial charge on any atom is -0.00489 e. The van der Waals surface area contributed by atoms with Crippen molar-refractivity contribution >= 4 is 0 Å². The first kappa shape index (κ1) is 31.9. The molecule has 0 aliphatic carbocycles. The van der Waals surface area contributed by atoms with Gasteiger partial charge in [-0.3, -0.25) is 0 Å². The van der Waals surface area contributed by atoms with Crippen molar-refractivity contribution in [2.24, 2.45) is 5.73 Å². The zero-order chi connectivity index (χ0) is 23.2. The third kappa shape index (κ3) is 29.9. The zero-order valence-corrected chi connectivity index (χ0v) is 22.6. The van der Waals surface area contributed by atoms with Gasteiger partial charge in [0.05, 0.1) is 0 Å². The average Bonchev–Trinajstić information content (AvgIpc) is 2.81. The largest absolute Gasteiger partial charge is 0.330 e. The third-order valence-corrected chi connectivity index (χ3v) is 7.01. The van der Waals surface area contributed by atoms with Gasteiger partial charge in [0, 0.05) is 0 Å². The number of nitrogens with one attached hydrogen (secondary N) is 1. The van der Waals surface area contributed by atoms with Crippen LogP contribution < -0.4 is 11.1 Å². The van der Waals surface area contributed by atoms with E-state index in [9.17, 15) is 0 Å². The summed E-state index contributed by atoms with van der Waals surface area (Å²) in [5, 5.41) is 3.66. The number of hydrogen-bond acceptors (Lipinski definition) is 2. The molecule has 2 nitrogen and oxygen atoms in total. The van der Waals surface area contributed by atoms with Gasteiger partial charge < -0.3 is 11.1 Å². The van der Waals surface area contributed by atoms with E-state index in [0.717, 1.165) is 6.54 Å². The van der Waals surface area contributed by atoms with E-state index in [-0.39, 0.29) is 0 Å². The van der Waals surface area contributed by atoms with Crippen LogP contribution in [-0.4, -0.2) is 19.6 Å². The van der Waals surface area contributed by atoms with Gasteiger partial charge in [-0.25, -0.2) is 0 Å². The summed E-state index contributed by atoms with van der Waals surface area (Å²) in [6, 6.07) is 0. The fourth-order valence-corrected chi connectivity index (χ4v) is 4.73. The second-order valence-corrected chi connectivity index (χ2v) is 10.4. The second kappa shape index (κ2) is 30.9. The molecule has 32 heavy (non-hydrogen) atoms. The second-order valence-electron chi connectivity index (χ2n) is 10.4. The summed E-state index contributed by atoms with van der Waals surface area (Å²) in [5.41, 5.74) is 5.53. The molecular weight excluding hydrogens is 388 g/mol. The highest BCUT2D eigenvalue weighted by Gasteiger charge is 1.96. The van der Waals surface area contributed by atoms with Gasteiger partial charge in [-0.15, -0.1) is 0 Å². The fourth-order valence-electron chi connectivity index (χ4n) is 4.73. The molecule has 0 heterocycles. The minimum absolute atomic E-state index is 0.870. The van der Waals surface area contributed by atoms with Gasteiger partial charge in [-0.05, 0) is 38.9 Å². The first-order chi connectivity index (χ1) is 15.9.